The third-order valence-electron chi connectivity index (χ3n) is 5.32. The molecule has 1 saturated heterocycles. The molecule has 3 heteroatoms. The van der Waals surface area contributed by atoms with Crippen molar-refractivity contribution in [3.8, 4) is 0 Å². The van der Waals surface area contributed by atoms with Crippen molar-refractivity contribution in [2.45, 2.75) is 24.5 Å². The van der Waals surface area contributed by atoms with E-state index in [4.69, 9.17) is 0 Å². The lowest BCUT2D eigenvalue weighted by molar-refractivity contribution is -0.137. The SMILES string of the molecule is CC1C(C(=O)O)N1C(c1ccccc1)(c1ccccc1)c1ccccc1. The van der Waals surface area contributed by atoms with E-state index in [1.165, 1.54) is 0 Å². The number of carbonyl (C=O) groups is 1. The smallest absolute Gasteiger partial charge is 0.322 e. The molecule has 1 N–H and O–H groups in total. The summed E-state index contributed by atoms with van der Waals surface area (Å²) in [4.78, 5) is 14.0. The third-order valence-corrected chi connectivity index (χ3v) is 5.32. The van der Waals surface area contributed by atoms with Crippen LogP contribution in [-0.2, 0) is 10.3 Å². The van der Waals surface area contributed by atoms with Gasteiger partial charge in [0.25, 0.3) is 0 Å². The van der Waals surface area contributed by atoms with Gasteiger partial charge in [0.05, 0.1) is 5.54 Å². The number of benzene rings is 3. The molecule has 1 aliphatic heterocycles. The van der Waals surface area contributed by atoms with E-state index in [0.717, 1.165) is 16.7 Å². The van der Waals surface area contributed by atoms with E-state index in [1.807, 2.05) is 61.5 Å². The van der Waals surface area contributed by atoms with Crippen LogP contribution in [0.2, 0.25) is 0 Å². The normalized spacial score (nSPS) is 22.0. The van der Waals surface area contributed by atoms with Crippen LogP contribution in [0.1, 0.15) is 23.6 Å². The van der Waals surface area contributed by atoms with Gasteiger partial charge in [-0.15, -0.1) is 0 Å². The molecule has 3 unspecified atom stereocenters. The Morgan fingerprint density at radius 1 is 0.769 bits per heavy atom. The molecule has 3 nitrogen and oxygen atoms in total. The van der Waals surface area contributed by atoms with Gasteiger partial charge in [0.15, 0.2) is 0 Å². The molecule has 1 aliphatic rings. The van der Waals surface area contributed by atoms with Crippen LogP contribution < -0.4 is 0 Å². The molecular formula is C23H21NO2. The zero-order chi connectivity index (χ0) is 18.1. The monoisotopic (exact) mass is 343 g/mol. The lowest BCUT2D eigenvalue weighted by Gasteiger charge is -2.38. The van der Waals surface area contributed by atoms with E-state index in [0.29, 0.717) is 0 Å². The highest BCUT2D eigenvalue weighted by Gasteiger charge is 2.61. The summed E-state index contributed by atoms with van der Waals surface area (Å²) >= 11 is 0. The van der Waals surface area contributed by atoms with Crippen molar-refractivity contribution in [3.05, 3.63) is 108 Å². The molecule has 1 fully saturated rings. The molecule has 0 aromatic heterocycles. The summed E-state index contributed by atoms with van der Waals surface area (Å²) in [6.07, 6.45) is 0. The maximum Gasteiger partial charge on any atom is 0.322 e. The molecule has 26 heavy (non-hydrogen) atoms. The molecule has 0 radical (unpaired) electrons. The standard InChI is InChI=1S/C23H21NO2/c1-17-21(22(25)26)24(17)23(18-11-5-2-6-12-18,19-13-7-3-8-14-19)20-15-9-4-10-16-20/h2-17,21H,1H3,(H,25,26). The second kappa shape index (κ2) is 6.43. The van der Waals surface area contributed by atoms with Crippen LogP contribution in [0.4, 0.5) is 0 Å². The van der Waals surface area contributed by atoms with E-state index in [2.05, 4.69) is 41.3 Å². The summed E-state index contributed by atoms with van der Waals surface area (Å²) in [7, 11) is 0. The van der Waals surface area contributed by atoms with Gasteiger partial charge in [-0.25, -0.2) is 0 Å². The number of rotatable bonds is 5. The van der Waals surface area contributed by atoms with Crippen molar-refractivity contribution in [2.24, 2.45) is 0 Å². The van der Waals surface area contributed by atoms with Gasteiger partial charge < -0.3 is 5.11 Å². The van der Waals surface area contributed by atoms with Crippen molar-refractivity contribution in [3.63, 3.8) is 0 Å². The lowest BCUT2D eigenvalue weighted by atomic mass is 9.76. The summed E-state index contributed by atoms with van der Waals surface area (Å²) in [5.74, 6) is -0.773. The Kier molecular flexibility index (Phi) is 4.09. The zero-order valence-corrected chi connectivity index (χ0v) is 14.6. The van der Waals surface area contributed by atoms with Crippen molar-refractivity contribution in [1.82, 2.24) is 4.90 Å². The fourth-order valence-corrected chi connectivity index (χ4v) is 4.17. The summed E-state index contributed by atoms with van der Waals surface area (Å²) in [6.45, 7) is 1.99. The molecular weight excluding hydrogens is 322 g/mol. The largest absolute Gasteiger partial charge is 0.480 e. The Morgan fingerprint density at radius 2 is 1.12 bits per heavy atom. The summed E-state index contributed by atoms with van der Waals surface area (Å²) in [5, 5.41) is 9.76. The van der Waals surface area contributed by atoms with Gasteiger partial charge in [-0.2, -0.15) is 0 Å². The van der Waals surface area contributed by atoms with Gasteiger partial charge in [0, 0.05) is 6.04 Å². The van der Waals surface area contributed by atoms with E-state index in [1.54, 1.807) is 0 Å². The van der Waals surface area contributed by atoms with Crippen molar-refractivity contribution in [1.29, 1.82) is 0 Å². The molecule has 3 aromatic carbocycles. The van der Waals surface area contributed by atoms with Gasteiger partial charge in [-0.3, -0.25) is 9.69 Å². The average Bonchev–Trinajstić information content (AvgIpc) is 3.37. The van der Waals surface area contributed by atoms with E-state index in [9.17, 15) is 9.90 Å². The van der Waals surface area contributed by atoms with Gasteiger partial charge in [0.1, 0.15) is 6.04 Å². The second-order valence-electron chi connectivity index (χ2n) is 6.74. The van der Waals surface area contributed by atoms with E-state index < -0.39 is 17.6 Å². The van der Waals surface area contributed by atoms with E-state index in [-0.39, 0.29) is 6.04 Å². The van der Waals surface area contributed by atoms with Gasteiger partial charge >= 0.3 is 5.97 Å². The lowest BCUT2D eigenvalue weighted by Crippen LogP contribution is -2.40. The van der Waals surface area contributed by atoms with Gasteiger partial charge in [0.2, 0.25) is 0 Å². The van der Waals surface area contributed by atoms with Crippen LogP contribution in [0, 0.1) is 0 Å². The van der Waals surface area contributed by atoms with Gasteiger partial charge in [-0.05, 0) is 23.6 Å². The Balaban J connectivity index is 2.04. The van der Waals surface area contributed by atoms with Crippen LogP contribution >= 0.6 is 0 Å². The molecule has 0 amide bonds. The second-order valence-corrected chi connectivity index (χ2v) is 6.74. The Morgan fingerprint density at radius 3 is 1.38 bits per heavy atom. The minimum Gasteiger partial charge on any atom is -0.480 e. The predicted octanol–water partition coefficient (Wildman–Crippen LogP) is 4.14. The molecule has 0 spiro atoms. The fourth-order valence-electron chi connectivity index (χ4n) is 4.17. The van der Waals surface area contributed by atoms with Crippen LogP contribution in [0.5, 0.6) is 0 Å². The summed E-state index contributed by atoms with van der Waals surface area (Å²) < 4.78 is 0. The quantitative estimate of drug-likeness (QED) is 0.559. The molecule has 3 aromatic rings. The minimum absolute atomic E-state index is 0.0480. The molecule has 0 aliphatic carbocycles. The molecule has 1 heterocycles. The first kappa shape index (κ1) is 16.6. The fraction of sp³-hybridized carbons (Fsp3) is 0.174. The van der Waals surface area contributed by atoms with Crippen molar-refractivity contribution < 1.29 is 9.90 Å². The number of carboxylic acids is 1. The molecule has 3 atom stereocenters. The molecule has 0 saturated carbocycles. The number of carboxylic acid groups (broad SMARTS) is 1. The third kappa shape index (κ3) is 2.44. The molecule has 130 valence electrons. The molecule has 4 rings (SSSR count). The van der Waals surface area contributed by atoms with Crippen LogP contribution in [0.15, 0.2) is 91.0 Å². The summed E-state index contributed by atoms with van der Waals surface area (Å²) in [5.41, 5.74) is 2.60. The first-order valence-electron chi connectivity index (χ1n) is 8.85. The molecule has 0 bridgehead atoms. The topological polar surface area (TPSA) is 40.3 Å². The maximum atomic E-state index is 11.9. The number of hydrogen-bond donors (Lipinski definition) is 1. The number of nitrogens with zero attached hydrogens (tertiary/aromatic N) is 1. The Hall–Kier alpha value is -2.91. The van der Waals surface area contributed by atoms with Crippen molar-refractivity contribution in [2.75, 3.05) is 0 Å². The minimum atomic E-state index is -0.773. The Bertz CT molecular complexity index is 797. The maximum absolute atomic E-state index is 11.9. The van der Waals surface area contributed by atoms with E-state index >= 15 is 0 Å². The van der Waals surface area contributed by atoms with Gasteiger partial charge in [-0.1, -0.05) is 91.0 Å². The summed E-state index contributed by atoms with van der Waals surface area (Å²) in [6, 6.07) is 30.0. The van der Waals surface area contributed by atoms with Crippen LogP contribution in [-0.4, -0.2) is 28.1 Å². The predicted molar refractivity (Wildman–Crippen MR) is 102 cm³/mol. The highest BCUT2D eigenvalue weighted by Crippen LogP contribution is 2.51. The number of hydrogen-bond acceptors (Lipinski definition) is 2. The zero-order valence-electron chi connectivity index (χ0n) is 14.6. The van der Waals surface area contributed by atoms with Crippen LogP contribution in [0.3, 0.4) is 0 Å². The average molecular weight is 343 g/mol. The highest BCUT2D eigenvalue weighted by molar-refractivity contribution is 5.79. The first-order valence-corrected chi connectivity index (χ1v) is 8.85. The van der Waals surface area contributed by atoms with Crippen molar-refractivity contribution >= 4 is 5.97 Å². The number of aliphatic carboxylic acids is 1. The van der Waals surface area contributed by atoms with Crippen LogP contribution in [0.25, 0.3) is 0 Å². The first-order chi connectivity index (χ1) is 12.7. The Labute approximate surface area is 153 Å². The highest BCUT2D eigenvalue weighted by atomic mass is 16.4.